The van der Waals surface area contributed by atoms with Gasteiger partial charge in [-0.1, -0.05) is 29.4 Å². The molecule has 6 rings (SSSR count). The molecule has 10 nitrogen and oxygen atoms in total. The molecule has 0 bridgehead atoms. The molecule has 3 N–H and O–H groups in total. The lowest BCUT2D eigenvalue weighted by atomic mass is 9.90. The van der Waals surface area contributed by atoms with E-state index < -0.39 is 0 Å². The van der Waals surface area contributed by atoms with E-state index in [1.54, 1.807) is 12.4 Å². The maximum absolute atomic E-state index is 6.14. The number of nitrogen functional groups attached to an aromatic ring is 1. The molecule has 2 unspecified atom stereocenters. The Morgan fingerprint density at radius 1 is 1.18 bits per heavy atom. The van der Waals surface area contributed by atoms with Crippen LogP contribution in [0.2, 0.25) is 0 Å². The second kappa shape index (κ2) is 7.80. The van der Waals surface area contributed by atoms with Gasteiger partial charge in [-0.25, -0.2) is 9.97 Å². The number of hydrogen-bond acceptors (Lipinski definition) is 9. The van der Waals surface area contributed by atoms with Gasteiger partial charge in [0.25, 0.3) is 5.89 Å². The van der Waals surface area contributed by atoms with Gasteiger partial charge in [-0.05, 0) is 42.5 Å². The molecule has 33 heavy (non-hydrogen) atoms. The highest BCUT2D eigenvalue weighted by atomic mass is 16.4. The van der Waals surface area contributed by atoms with Crippen molar-refractivity contribution in [3.8, 4) is 11.5 Å². The van der Waals surface area contributed by atoms with Gasteiger partial charge in [-0.15, -0.1) is 5.10 Å². The number of fused-ring (bicyclic) bond motifs is 1. The first-order chi connectivity index (χ1) is 16.2. The molecule has 4 aromatic rings. The van der Waals surface area contributed by atoms with E-state index in [1.807, 2.05) is 12.1 Å². The number of nitrogens with two attached hydrogens (primary N) is 1. The van der Waals surface area contributed by atoms with Crippen LogP contribution < -0.4 is 10.6 Å². The van der Waals surface area contributed by atoms with Gasteiger partial charge < -0.3 is 15.1 Å². The summed E-state index contributed by atoms with van der Waals surface area (Å²) in [5.74, 6) is 0.974. The van der Waals surface area contributed by atoms with Crippen LogP contribution in [-0.2, 0) is 6.42 Å². The highest BCUT2D eigenvalue weighted by molar-refractivity contribution is 5.91. The zero-order valence-electron chi connectivity index (χ0n) is 18.1. The predicted octanol–water partition coefficient (Wildman–Crippen LogP) is 3.10. The fraction of sp³-hybridized carbons (Fsp3) is 0.304. The predicted molar refractivity (Wildman–Crippen MR) is 123 cm³/mol. The normalized spacial score (nSPS) is 20.0. The number of H-pyrrole nitrogens is 1. The van der Waals surface area contributed by atoms with Crippen LogP contribution in [0.1, 0.15) is 48.2 Å². The number of piperidine rings is 1. The topological polar surface area (TPSA) is 136 Å². The van der Waals surface area contributed by atoms with Crippen molar-refractivity contribution in [1.82, 2.24) is 35.6 Å². The van der Waals surface area contributed by atoms with Crippen LogP contribution in [0.4, 0.5) is 12.0 Å². The smallest absolute Gasteiger partial charge is 0.318 e. The summed E-state index contributed by atoms with van der Waals surface area (Å²) < 4.78 is 6.14. The van der Waals surface area contributed by atoms with Crippen molar-refractivity contribution in [3.05, 3.63) is 59.2 Å². The summed E-state index contributed by atoms with van der Waals surface area (Å²) in [6.07, 6.45) is 8.25. The lowest BCUT2D eigenvalue weighted by Gasteiger charge is -2.35. The van der Waals surface area contributed by atoms with E-state index in [4.69, 9.17) is 10.2 Å². The minimum atomic E-state index is 0.217. The Labute approximate surface area is 190 Å². The standard InChI is InChI=1S/C23H23N9O/c1-13-8-16(19-12-26-31-28-19)6-7-32(13)23-30-29-21(33-23)18-11-25-22(24)27-20(18)17-9-14-4-2-3-5-15(14)10-17/h2-5,9,11-13,16H,6-8,10H2,1H3,(H2,24,25,27)(H,26,28,31). The van der Waals surface area contributed by atoms with Gasteiger partial charge in [0.05, 0.1) is 23.1 Å². The zero-order valence-corrected chi connectivity index (χ0v) is 18.1. The molecule has 0 amide bonds. The Balaban J connectivity index is 1.28. The first kappa shape index (κ1) is 19.6. The van der Waals surface area contributed by atoms with Gasteiger partial charge in [0, 0.05) is 31.1 Å². The second-order valence-electron chi connectivity index (χ2n) is 8.58. The minimum Gasteiger partial charge on any atom is -0.403 e. The van der Waals surface area contributed by atoms with Crippen molar-refractivity contribution in [2.24, 2.45) is 0 Å². The van der Waals surface area contributed by atoms with E-state index in [1.165, 1.54) is 11.1 Å². The Bertz CT molecular complexity index is 1330. The van der Waals surface area contributed by atoms with E-state index >= 15 is 0 Å². The monoisotopic (exact) mass is 441 g/mol. The summed E-state index contributed by atoms with van der Waals surface area (Å²) >= 11 is 0. The Morgan fingerprint density at radius 3 is 2.91 bits per heavy atom. The number of anilines is 2. The number of nitrogens with zero attached hydrogens (tertiary/aromatic N) is 7. The molecule has 2 atom stereocenters. The van der Waals surface area contributed by atoms with Gasteiger partial charge in [-0.3, -0.25) is 0 Å². The van der Waals surface area contributed by atoms with Crippen molar-refractivity contribution in [3.63, 3.8) is 0 Å². The fourth-order valence-corrected chi connectivity index (χ4v) is 4.80. The Morgan fingerprint density at radius 2 is 2.09 bits per heavy atom. The number of allylic oxidation sites excluding steroid dienone is 1. The first-order valence-corrected chi connectivity index (χ1v) is 11.0. The zero-order chi connectivity index (χ0) is 22.4. The highest BCUT2D eigenvalue weighted by Gasteiger charge is 2.31. The molecule has 1 saturated heterocycles. The molecule has 0 saturated carbocycles. The lowest BCUT2D eigenvalue weighted by Crippen LogP contribution is -2.40. The molecular formula is C23H23N9O. The molecule has 10 heteroatoms. The third-order valence-electron chi connectivity index (χ3n) is 6.50. The largest absolute Gasteiger partial charge is 0.403 e. The SMILES string of the molecule is CC1CC(c2cn[nH]n2)CCN1c1nnc(-c2cnc(N)nc2C2=Cc3ccccc3C2)o1. The Hall–Kier alpha value is -4.08. The van der Waals surface area contributed by atoms with Gasteiger partial charge in [0.15, 0.2) is 0 Å². The average Bonchev–Trinajstić information content (AvgIpc) is 3.59. The molecular weight excluding hydrogens is 418 g/mol. The summed E-state index contributed by atoms with van der Waals surface area (Å²) in [7, 11) is 0. The maximum atomic E-state index is 6.14. The molecule has 3 aromatic heterocycles. The highest BCUT2D eigenvalue weighted by Crippen LogP contribution is 2.37. The molecule has 2 aliphatic rings. The van der Waals surface area contributed by atoms with E-state index in [-0.39, 0.29) is 12.0 Å². The molecule has 1 fully saturated rings. The van der Waals surface area contributed by atoms with Crippen molar-refractivity contribution in [2.75, 3.05) is 17.2 Å². The molecule has 166 valence electrons. The van der Waals surface area contributed by atoms with Gasteiger partial charge in [0.1, 0.15) is 0 Å². The number of aromatic nitrogens is 7. The fourth-order valence-electron chi connectivity index (χ4n) is 4.80. The summed E-state index contributed by atoms with van der Waals surface area (Å²) in [6, 6.07) is 9.03. The summed E-state index contributed by atoms with van der Waals surface area (Å²) in [6.45, 7) is 2.96. The molecule has 4 heterocycles. The van der Waals surface area contributed by atoms with Crippen LogP contribution >= 0.6 is 0 Å². The van der Waals surface area contributed by atoms with Gasteiger partial charge in [0.2, 0.25) is 5.95 Å². The molecule has 1 aliphatic carbocycles. The van der Waals surface area contributed by atoms with Gasteiger partial charge in [-0.2, -0.15) is 15.4 Å². The summed E-state index contributed by atoms with van der Waals surface area (Å²) in [5.41, 5.74) is 11.9. The van der Waals surface area contributed by atoms with Crippen LogP contribution in [0.5, 0.6) is 0 Å². The first-order valence-electron chi connectivity index (χ1n) is 11.0. The number of aromatic amines is 1. The minimum absolute atomic E-state index is 0.217. The van der Waals surface area contributed by atoms with Crippen molar-refractivity contribution >= 4 is 23.6 Å². The molecule has 0 spiro atoms. The summed E-state index contributed by atoms with van der Waals surface area (Å²) in [5, 5.41) is 19.6. The maximum Gasteiger partial charge on any atom is 0.318 e. The third kappa shape index (κ3) is 3.53. The third-order valence-corrected chi connectivity index (χ3v) is 6.50. The van der Waals surface area contributed by atoms with Crippen molar-refractivity contribution in [2.45, 2.75) is 38.1 Å². The molecule has 1 aliphatic heterocycles. The number of benzene rings is 1. The number of rotatable bonds is 4. The van der Waals surface area contributed by atoms with E-state index in [0.29, 0.717) is 23.4 Å². The van der Waals surface area contributed by atoms with E-state index in [2.05, 4.69) is 65.6 Å². The van der Waals surface area contributed by atoms with Crippen LogP contribution in [0, 0.1) is 0 Å². The molecule has 1 aromatic carbocycles. The van der Waals surface area contributed by atoms with Crippen molar-refractivity contribution in [1.29, 1.82) is 0 Å². The van der Waals surface area contributed by atoms with Crippen LogP contribution in [0.25, 0.3) is 23.1 Å². The number of hydrogen-bond donors (Lipinski definition) is 2. The molecule has 0 radical (unpaired) electrons. The second-order valence-corrected chi connectivity index (χ2v) is 8.58. The lowest BCUT2D eigenvalue weighted by molar-refractivity contribution is 0.396. The van der Waals surface area contributed by atoms with Crippen LogP contribution in [-0.4, -0.2) is 48.2 Å². The van der Waals surface area contributed by atoms with E-state index in [9.17, 15) is 0 Å². The van der Waals surface area contributed by atoms with Gasteiger partial charge >= 0.3 is 6.01 Å². The van der Waals surface area contributed by atoms with Crippen molar-refractivity contribution < 1.29 is 4.42 Å². The summed E-state index contributed by atoms with van der Waals surface area (Å²) in [4.78, 5) is 10.9. The number of nitrogens with one attached hydrogen (secondary N) is 1. The van der Waals surface area contributed by atoms with Crippen LogP contribution in [0.15, 0.2) is 41.1 Å². The average molecular weight is 441 g/mol. The van der Waals surface area contributed by atoms with E-state index in [0.717, 1.165) is 42.8 Å². The quantitative estimate of drug-likeness (QED) is 0.489. The van der Waals surface area contributed by atoms with Crippen LogP contribution in [0.3, 0.4) is 0 Å². The Kier molecular flexibility index (Phi) is 4.63.